The summed E-state index contributed by atoms with van der Waals surface area (Å²) in [6.45, 7) is 5.48. The van der Waals surface area contributed by atoms with Crippen LogP contribution in [-0.2, 0) is 16.1 Å². The fraction of sp³-hybridized carbons (Fsp3) is 0.550. The van der Waals surface area contributed by atoms with Crippen molar-refractivity contribution in [1.82, 2.24) is 19.9 Å². The first-order chi connectivity index (χ1) is 13.1. The molecule has 2 aromatic rings. The number of aryl methyl sites for hydroxylation is 1. The number of hydrogen-bond acceptors (Lipinski definition) is 6. The van der Waals surface area contributed by atoms with Gasteiger partial charge in [-0.25, -0.2) is 0 Å². The first-order valence-corrected chi connectivity index (χ1v) is 9.55. The van der Waals surface area contributed by atoms with Gasteiger partial charge in [0.2, 0.25) is 17.6 Å². The number of rotatable bonds is 6. The van der Waals surface area contributed by atoms with Gasteiger partial charge in [-0.15, -0.1) is 0 Å². The maximum absolute atomic E-state index is 12.7. The van der Waals surface area contributed by atoms with Crippen molar-refractivity contribution in [3.63, 3.8) is 0 Å². The minimum atomic E-state index is 0.0556. The fourth-order valence-corrected chi connectivity index (χ4v) is 4.07. The summed E-state index contributed by atoms with van der Waals surface area (Å²) >= 11 is 0. The summed E-state index contributed by atoms with van der Waals surface area (Å²) in [7, 11) is 1.67. The van der Waals surface area contributed by atoms with E-state index in [1.807, 2.05) is 29.2 Å². The normalized spacial score (nSPS) is 23.0. The van der Waals surface area contributed by atoms with Crippen LogP contribution in [0.1, 0.15) is 24.3 Å². The molecule has 7 nitrogen and oxygen atoms in total. The van der Waals surface area contributed by atoms with Crippen LogP contribution >= 0.6 is 0 Å². The minimum absolute atomic E-state index is 0.0556. The van der Waals surface area contributed by atoms with Crippen molar-refractivity contribution < 1.29 is 14.1 Å². The highest BCUT2D eigenvalue weighted by atomic mass is 16.5. The van der Waals surface area contributed by atoms with E-state index < -0.39 is 0 Å². The summed E-state index contributed by atoms with van der Waals surface area (Å²) in [5.74, 6) is 1.53. The Bertz CT molecular complexity index is 789. The van der Waals surface area contributed by atoms with E-state index >= 15 is 0 Å². The van der Waals surface area contributed by atoms with Crippen LogP contribution in [0.3, 0.4) is 0 Å². The number of hydrogen-bond donors (Lipinski definition) is 0. The number of ether oxygens (including phenoxy) is 1. The molecule has 3 aliphatic heterocycles. The lowest BCUT2D eigenvalue weighted by atomic mass is 9.94. The van der Waals surface area contributed by atoms with Gasteiger partial charge in [0.05, 0.1) is 19.1 Å². The molecule has 144 valence electrons. The van der Waals surface area contributed by atoms with Crippen LogP contribution in [0.2, 0.25) is 0 Å². The molecule has 27 heavy (non-hydrogen) atoms. The second kappa shape index (κ2) is 7.78. The van der Waals surface area contributed by atoms with E-state index in [0.29, 0.717) is 31.4 Å². The molecular formula is C20H26N4O3. The molecule has 1 aromatic heterocycles. The predicted molar refractivity (Wildman–Crippen MR) is 99.8 cm³/mol. The molecule has 0 saturated carbocycles. The first kappa shape index (κ1) is 18.1. The highest BCUT2D eigenvalue weighted by Gasteiger charge is 2.40. The van der Waals surface area contributed by atoms with Crippen molar-refractivity contribution in [3.05, 3.63) is 35.7 Å². The minimum Gasteiger partial charge on any atom is -0.383 e. The lowest BCUT2D eigenvalue weighted by Gasteiger charge is -2.35. The van der Waals surface area contributed by atoms with E-state index in [4.69, 9.17) is 9.26 Å². The molecule has 1 amide bonds. The largest absolute Gasteiger partial charge is 0.383 e. The van der Waals surface area contributed by atoms with Gasteiger partial charge in [0.15, 0.2) is 0 Å². The van der Waals surface area contributed by atoms with Crippen LogP contribution in [0.25, 0.3) is 11.4 Å². The molecular weight excluding hydrogens is 344 g/mol. The standard InChI is InChI=1S/C20H26N4O3/c1-14-3-5-15(6-4-14)19-21-18(27-22-19)13-23-11-16-7-8-17(12-23)24(20(16)25)9-10-26-2/h3-6,16-17H,7-13H2,1-2H3/t16-,17+/m0/s1. The molecule has 0 aliphatic carbocycles. The molecule has 5 rings (SSSR count). The number of amides is 1. The quantitative estimate of drug-likeness (QED) is 0.776. The third-order valence-electron chi connectivity index (χ3n) is 5.54. The number of piperidine rings is 1. The molecule has 0 N–H and O–H groups in total. The summed E-state index contributed by atoms with van der Waals surface area (Å²) < 4.78 is 10.7. The highest BCUT2D eigenvalue weighted by molar-refractivity contribution is 5.80. The van der Waals surface area contributed by atoms with Crippen molar-refractivity contribution in [1.29, 1.82) is 0 Å². The number of carbonyl (C=O) groups is 1. The van der Waals surface area contributed by atoms with E-state index in [2.05, 4.69) is 22.0 Å². The van der Waals surface area contributed by atoms with Crippen LogP contribution in [0.15, 0.2) is 28.8 Å². The van der Waals surface area contributed by atoms with Gasteiger partial charge in [0.25, 0.3) is 0 Å². The first-order valence-electron chi connectivity index (χ1n) is 9.55. The van der Waals surface area contributed by atoms with E-state index in [-0.39, 0.29) is 17.9 Å². The van der Waals surface area contributed by atoms with E-state index in [1.54, 1.807) is 7.11 Å². The Morgan fingerprint density at radius 2 is 2.04 bits per heavy atom. The van der Waals surface area contributed by atoms with Gasteiger partial charge in [-0.3, -0.25) is 9.69 Å². The summed E-state index contributed by atoms with van der Waals surface area (Å²) in [5.41, 5.74) is 2.15. The number of benzene rings is 1. The average molecular weight is 370 g/mol. The van der Waals surface area contributed by atoms with E-state index in [1.165, 1.54) is 5.56 Å². The Morgan fingerprint density at radius 1 is 1.22 bits per heavy atom. The summed E-state index contributed by atoms with van der Waals surface area (Å²) in [4.78, 5) is 21.6. The van der Waals surface area contributed by atoms with Crippen LogP contribution in [0.4, 0.5) is 0 Å². The molecule has 3 fully saturated rings. The molecule has 4 heterocycles. The number of methoxy groups -OCH3 is 1. The topological polar surface area (TPSA) is 71.7 Å². The second-order valence-corrected chi connectivity index (χ2v) is 7.52. The van der Waals surface area contributed by atoms with Crippen molar-refractivity contribution >= 4 is 5.91 Å². The summed E-state index contributed by atoms with van der Waals surface area (Å²) in [6.07, 6.45) is 2.01. The Hall–Kier alpha value is -2.25. The molecule has 2 atom stereocenters. The fourth-order valence-electron chi connectivity index (χ4n) is 4.07. The Morgan fingerprint density at radius 3 is 2.81 bits per heavy atom. The Labute approximate surface area is 159 Å². The molecule has 7 heteroatoms. The smallest absolute Gasteiger partial charge is 0.241 e. The molecule has 1 aromatic carbocycles. The third kappa shape index (κ3) is 3.89. The zero-order valence-electron chi connectivity index (χ0n) is 15.9. The lowest BCUT2D eigenvalue weighted by molar-refractivity contribution is -0.140. The van der Waals surface area contributed by atoms with Gasteiger partial charge in [0.1, 0.15) is 0 Å². The van der Waals surface area contributed by atoms with Crippen molar-refractivity contribution in [2.24, 2.45) is 5.92 Å². The summed E-state index contributed by atoms with van der Waals surface area (Å²) in [5, 5.41) is 4.12. The molecule has 3 aliphatic rings. The maximum atomic E-state index is 12.7. The molecule has 3 saturated heterocycles. The summed E-state index contributed by atoms with van der Waals surface area (Å²) in [6, 6.07) is 8.33. The number of fused-ring (bicyclic) bond motifs is 4. The average Bonchev–Trinajstić information content (AvgIpc) is 2.97. The lowest BCUT2D eigenvalue weighted by Crippen LogP contribution is -2.49. The molecule has 0 unspecified atom stereocenters. The number of nitrogens with zero attached hydrogens (tertiary/aromatic N) is 4. The van der Waals surface area contributed by atoms with Crippen molar-refractivity contribution in [3.8, 4) is 11.4 Å². The predicted octanol–water partition coefficient (Wildman–Crippen LogP) is 2.11. The van der Waals surface area contributed by atoms with Gasteiger partial charge >= 0.3 is 0 Å². The molecule has 0 spiro atoms. The van der Waals surface area contributed by atoms with Gasteiger partial charge in [-0.1, -0.05) is 35.0 Å². The van der Waals surface area contributed by atoms with Crippen molar-refractivity contribution in [2.45, 2.75) is 32.4 Å². The zero-order chi connectivity index (χ0) is 18.8. The monoisotopic (exact) mass is 370 g/mol. The number of aromatic nitrogens is 2. The molecule has 0 radical (unpaired) electrons. The van der Waals surface area contributed by atoms with Gasteiger partial charge in [0, 0.05) is 38.3 Å². The van der Waals surface area contributed by atoms with Crippen LogP contribution in [0.5, 0.6) is 0 Å². The Balaban J connectivity index is 1.44. The third-order valence-corrected chi connectivity index (χ3v) is 5.54. The van der Waals surface area contributed by atoms with Gasteiger partial charge in [-0.05, 0) is 19.8 Å². The SMILES string of the molecule is COCCN1C(=O)[C@H]2CC[C@@H]1CN(Cc1nc(-c3ccc(C)cc3)no1)C2. The van der Waals surface area contributed by atoms with Gasteiger partial charge < -0.3 is 14.2 Å². The second-order valence-electron chi connectivity index (χ2n) is 7.52. The maximum Gasteiger partial charge on any atom is 0.241 e. The van der Waals surface area contributed by atoms with Crippen LogP contribution < -0.4 is 0 Å². The van der Waals surface area contributed by atoms with E-state index in [9.17, 15) is 4.79 Å². The molecule has 2 bridgehead atoms. The van der Waals surface area contributed by atoms with Crippen LogP contribution in [0, 0.1) is 12.8 Å². The van der Waals surface area contributed by atoms with E-state index in [0.717, 1.165) is 31.5 Å². The van der Waals surface area contributed by atoms with Gasteiger partial charge in [-0.2, -0.15) is 4.98 Å². The van der Waals surface area contributed by atoms with Crippen LogP contribution in [-0.4, -0.2) is 65.2 Å². The number of carbonyl (C=O) groups excluding carboxylic acids is 1. The van der Waals surface area contributed by atoms with Crippen molar-refractivity contribution in [2.75, 3.05) is 33.4 Å². The Kier molecular flexibility index (Phi) is 5.22. The zero-order valence-corrected chi connectivity index (χ0v) is 15.9. The highest BCUT2D eigenvalue weighted by Crippen LogP contribution is 2.29.